The zero-order valence-electron chi connectivity index (χ0n) is 14.4. The number of hydrogen-bond donors (Lipinski definition) is 2. The van der Waals surface area contributed by atoms with E-state index in [4.69, 9.17) is 10.00 Å². The number of nitrogens with zero attached hydrogens (tertiary/aromatic N) is 1. The lowest BCUT2D eigenvalue weighted by atomic mass is 10.2. The molecule has 2 aromatic carbocycles. The van der Waals surface area contributed by atoms with E-state index in [1.54, 1.807) is 18.2 Å². The summed E-state index contributed by atoms with van der Waals surface area (Å²) in [5, 5.41) is 13.6. The summed E-state index contributed by atoms with van der Waals surface area (Å²) >= 11 is 0. The summed E-state index contributed by atoms with van der Waals surface area (Å²) in [6.07, 6.45) is -1.12. The number of ether oxygens (including phenoxy) is 1. The van der Waals surface area contributed by atoms with Gasteiger partial charge in [0, 0.05) is 11.3 Å². The highest BCUT2D eigenvalue weighted by Crippen LogP contribution is 2.10. The normalized spacial score (nSPS) is 11.0. The molecule has 2 aromatic rings. The summed E-state index contributed by atoms with van der Waals surface area (Å²) < 4.78 is 18.0. The maximum Gasteiger partial charge on any atom is 0.326 e. The van der Waals surface area contributed by atoms with Crippen molar-refractivity contribution in [2.45, 2.75) is 13.0 Å². The van der Waals surface area contributed by atoms with Gasteiger partial charge in [-0.2, -0.15) is 5.26 Å². The number of rotatable bonds is 6. The smallest absolute Gasteiger partial charge is 0.326 e. The minimum Gasteiger partial charge on any atom is -0.451 e. The van der Waals surface area contributed by atoms with Crippen molar-refractivity contribution in [3.8, 4) is 6.07 Å². The van der Waals surface area contributed by atoms with Crippen LogP contribution in [0.5, 0.6) is 0 Å². The lowest BCUT2D eigenvalue weighted by Crippen LogP contribution is -2.35. The van der Waals surface area contributed by atoms with Crippen molar-refractivity contribution in [1.29, 1.82) is 5.26 Å². The molecule has 0 bridgehead atoms. The van der Waals surface area contributed by atoms with Crippen molar-refractivity contribution in [2.75, 3.05) is 11.9 Å². The van der Waals surface area contributed by atoms with Crippen LogP contribution < -0.4 is 10.6 Å². The molecule has 27 heavy (non-hydrogen) atoms. The van der Waals surface area contributed by atoms with Crippen molar-refractivity contribution >= 4 is 23.5 Å². The Morgan fingerprint density at radius 2 is 1.93 bits per heavy atom. The second-order valence-corrected chi connectivity index (χ2v) is 5.51. The van der Waals surface area contributed by atoms with E-state index in [1.165, 1.54) is 31.2 Å². The molecule has 138 valence electrons. The molecule has 1 atom stereocenters. The van der Waals surface area contributed by atoms with E-state index in [0.29, 0.717) is 11.3 Å². The molecule has 0 aromatic heterocycles. The molecule has 0 spiro atoms. The van der Waals surface area contributed by atoms with Gasteiger partial charge < -0.3 is 15.4 Å². The highest BCUT2D eigenvalue weighted by molar-refractivity contribution is 5.97. The topological polar surface area (TPSA) is 108 Å². The Hall–Kier alpha value is -3.73. The van der Waals surface area contributed by atoms with E-state index in [2.05, 4.69) is 10.6 Å². The number of nitrogens with one attached hydrogen (secondary N) is 2. The second-order valence-electron chi connectivity index (χ2n) is 5.51. The molecule has 0 heterocycles. The van der Waals surface area contributed by atoms with Crippen LogP contribution in [0, 0.1) is 17.1 Å². The quantitative estimate of drug-likeness (QED) is 0.757. The molecule has 0 radical (unpaired) electrons. The molecule has 0 fully saturated rings. The molecule has 8 heteroatoms. The first kappa shape index (κ1) is 19.6. The van der Waals surface area contributed by atoms with Crippen LogP contribution in [0.15, 0.2) is 48.5 Å². The molecule has 0 aliphatic heterocycles. The molecular weight excluding hydrogens is 353 g/mol. The molecule has 2 amide bonds. The first-order valence-electron chi connectivity index (χ1n) is 7.93. The Kier molecular flexibility index (Phi) is 6.61. The minimum absolute atomic E-state index is 0.0611. The highest BCUT2D eigenvalue weighted by atomic mass is 19.1. The summed E-state index contributed by atoms with van der Waals surface area (Å²) in [7, 11) is 0. The molecule has 0 saturated carbocycles. The number of nitriles is 1. The van der Waals surface area contributed by atoms with Crippen molar-refractivity contribution in [2.24, 2.45) is 0 Å². The number of halogens is 1. The third-order valence-electron chi connectivity index (χ3n) is 3.42. The van der Waals surface area contributed by atoms with Crippen LogP contribution in [0.4, 0.5) is 10.1 Å². The largest absolute Gasteiger partial charge is 0.451 e. The molecule has 0 unspecified atom stereocenters. The van der Waals surface area contributed by atoms with Gasteiger partial charge in [0.2, 0.25) is 0 Å². The summed E-state index contributed by atoms with van der Waals surface area (Å²) in [4.78, 5) is 35.7. The van der Waals surface area contributed by atoms with Gasteiger partial charge >= 0.3 is 5.97 Å². The SMILES string of the molecule is C[C@H](OC(=O)CNC(=O)c1cccc(F)c1)C(=O)Nc1cccc(C#N)c1. The van der Waals surface area contributed by atoms with Crippen molar-refractivity contribution in [3.05, 3.63) is 65.5 Å². The Labute approximate surface area is 154 Å². The zero-order valence-corrected chi connectivity index (χ0v) is 14.4. The summed E-state index contributed by atoms with van der Waals surface area (Å²) in [6.45, 7) is 0.895. The maximum atomic E-state index is 13.1. The van der Waals surface area contributed by atoms with Gasteiger partial charge in [-0.3, -0.25) is 14.4 Å². The lowest BCUT2D eigenvalue weighted by Gasteiger charge is -2.14. The minimum atomic E-state index is -1.12. The predicted molar refractivity (Wildman–Crippen MR) is 94.1 cm³/mol. The van der Waals surface area contributed by atoms with Gasteiger partial charge in [-0.15, -0.1) is 0 Å². The molecule has 0 aliphatic rings. The number of amides is 2. The van der Waals surface area contributed by atoms with Gasteiger partial charge in [0.15, 0.2) is 6.10 Å². The summed E-state index contributed by atoms with van der Waals surface area (Å²) in [5.74, 6) is -2.63. The van der Waals surface area contributed by atoms with Gasteiger partial charge in [0.1, 0.15) is 12.4 Å². The van der Waals surface area contributed by atoms with Crippen LogP contribution >= 0.6 is 0 Å². The standard InChI is InChI=1S/C19H16FN3O4/c1-12(18(25)23-16-7-2-4-13(8-16)10-21)27-17(24)11-22-19(26)14-5-3-6-15(20)9-14/h2-9,12H,11H2,1H3,(H,22,26)(H,23,25)/t12-/m0/s1. The summed E-state index contributed by atoms with van der Waals surface area (Å²) in [6, 6.07) is 13.2. The fourth-order valence-electron chi connectivity index (χ4n) is 2.09. The highest BCUT2D eigenvalue weighted by Gasteiger charge is 2.18. The molecular formula is C19H16FN3O4. The van der Waals surface area contributed by atoms with E-state index in [-0.39, 0.29) is 5.56 Å². The Morgan fingerprint density at radius 1 is 1.19 bits per heavy atom. The van der Waals surface area contributed by atoms with Crippen LogP contribution in [-0.2, 0) is 14.3 Å². The van der Waals surface area contributed by atoms with Crippen LogP contribution in [0.3, 0.4) is 0 Å². The monoisotopic (exact) mass is 369 g/mol. The Morgan fingerprint density at radius 3 is 2.63 bits per heavy atom. The van der Waals surface area contributed by atoms with E-state index < -0.39 is 36.2 Å². The first-order valence-corrected chi connectivity index (χ1v) is 7.93. The predicted octanol–water partition coefficient (Wildman–Crippen LogP) is 2.00. The number of carbonyl (C=O) groups excluding carboxylic acids is 3. The lowest BCUT2D eigenvalue weighted by molar-refractivity contribution is -0.152. The molecule has 0 saturated heterocycles. The van der Waals surface area contributed by atoms with Gasteiger partial charge in [-0.05, 0) is 43.3 Å². The average Bonchev–Trinajstić information content (AvgIpc) is 2.66. The first-order chi connectivity index (χ1) is 12.9. The van der Waals surface area contributed by atoms with Gasteiger partial charge in [-0.25, -0.2) is 4.39 Å². The Balaban J connectivity index is 1.83. The molecule has 2 rings (SSSR count). The third-order valence-corrected chi connectivity index (χ3v) is 3.42. The van der Waals surface area contributed by atoms with E-state index in [0.717, 1.165) is 6.07 Å². The number of benzene rings is 2. The van der Waals surface area contributed by atoms with Crippen LogP contribution in [-0.4, -0.2) is 30.4 Å². The molecule has 7 nitrogen and oxygen atoms in total. The average molecular weight is 369 g/mol. The number of carbonyl (C=O) groups is 3. The Bertz CT molecular complexity index is 908. The van der Waals surface area contributed by atoms with Crippen LogP contribution in [0.2, 0.25) is 0 Å². The number of hydrogen-bond acceptors (Lipinski definition) is 5. The second kappa shape index (κ2) is 9.10. The van der Waals surface area contributed by atoms with Crippen LogP contribution in [0.1, 0.15) is 22.8 Å². The number of esters is 1. The van der Waals surface area contributed by atoms with E-state index in [1.807, 2.05) is 6.07 Å². The van der Waals surface area contributed by atoms with Gasteiger partial charge in [0.05, 0.1) is 11.6 Å². The van der Waals surface area contributed by atoms with Crippen molar-refractivity contribution in [3.63, 3.8) is 0 Å². The maximum absolute atomic E-state index is 13.1. The zero-order chi connectivity index (χ0) is 19.8. The van der Waals surface area contributed by atoms with Crippen LogP contribution in [0.25, 0.3) is 0 Å². The van der Waals surface area contributed by atoms with E-state index >= 15 is 0 Å². The fourth-order valence-corrected chi connectivity index (χ4v) is 2.09. The van der Waals surface area contributed by atoms with Gasteiger partial charge in [-0.1, -0.05) is 12.1 Å². The van der Waals surface area contributed by atoms with E-state index in [9.17, 15) is 18.8 Å². The number of anilines is 1. The fraction of sp³-hybridized carbons (Fsp3) is 0.158. The summed E-state index contributed by atoms with van der Waals surface area (Å²) in [5.41, 5.74) is 0.824. The van der Waals surface area contributed by atoms with Gasteiger partial charge in [0.25, 0.3) is 11.8 Å². The third kappa shape index (κ3) is 5.93. The van der Waals surface area contributed by atoms with Crippen molar-refractivity contribution < 1.29 is 23.5 Å². The molecule has 2 N–H and O–H groups in total. The molecule has 0 aliphatic carbocycles. The van der Waals surface area contributed by atoms with Crippen molar-refractivity contribution in [1.82, 2.24) is 5.32 Å².